The minimum Gasteiger partial charge on any atom is -0.462 e. The molecule has 1 saturated heterocycles. The van der Waals surface area contributed by atoms with E-state index in [1.54, 1.807) is 6.92 Å². The van der Waals surface area contributed by atoms with Crippen LogP contribution in [0.4, 0.5) is 0 Å². The van der Waals surface area contributed by atoms with Gasteiger partial charge in [-0.1, -0.05) is 18.2 Å². The van der Waals surface area contributed by atoms with E-state index in [0.717, 1.165) is 42.1 Å². The number of carbonyl (C=O) groups is 1. The summed E-state index contributed by atoms with van der Waals surface area (Å²) in [5, 5.41) is 0.766. The van der Waals surface area contributed by atoms with Crippen molar-refractivity contribution in [3.8, 4) is 11.6 Å². The van der Waals surface area contributed by atoms with Gasteiger partial charge in [0.25, 0.3) is 0 Å². The molecule has 0 radical (unpaired) electrons. The number of fused-ring (bicyclic) bond motifs is 1. The van der Waals surface area contributed by atoms with E-state index in [1.807, 2.05) is 37.3 Å². The van der Waals surface area contributed by atoms with Crippen LogP contribution in [0, 0.1) is 6.92 Å². The first-order valence-corrected chi connectivity index (χ1v) is 10.6. The van der Waals surface area contributed by atoms with Crippen molar-refractivity contribution in [2.45, 2.75) is 20.4 Å². The first-order chi connectivity index (χ1) is 14.2. The van der Waals surface area contributed by atoms with Crippen LogP contribution in [-0.2, 0) is 16.0 Å². The number of morpholine rings is 1. The number of thiophene rings is 1. The molecular formula is C21H24N3O4S+. The number of para-hydroxylation sites is 1. The summed E-state index contributed by atoms with van der Waals surface area (Å²) in [6.07, 6.45) is 0. The van der Waals surface area contributed by atoms with Gasteiger partial charge in [-0.15, -0.1) is 11.3 Å². The van der Waals surface area contributed by atoms with Crippen molar-refractivity contribution in [2.75, 3.05) is 32.9 Å². The molecule has 1 fully saturated rings. The van der Waals surface area contributed by atoms with E-state index < -0.39 is 0 Å². The van der Waals surface area contributed by atoms with Crippen molar-refractivity contribution in [3.05, 3.63) is 46.6 Å². The molecule has 8 heteroatoms. The summed E-state index contributed by atoms with van der Waals surface area (Å²) in [6.45, 7) is 8.05. The highest BCUT2D eigenvalue weighted by molar-refractivity contribution is 7.20. The maximum absolute atomic E-state index is 12.4. The van der Waals surface area contributed by atoms with Crippen LogP contribution in [0.25, 0.3) is 10.2 Å². The highest BCUT2D eigenvalue weighted by Gasteiger charge is 2.24. The van der Waals surface area contributed by atoms with Gasteiger partial charge in [-0.05, 0) is 31.5 Å². The number of hydrogen-bond acceptors (Lipinski definition) is 7. The number of aromatic nitrogens is 2. The Morgan fingerprint density at radius 3 is 2.69 bits per heavy atom. The van der Waals surface area contributed by atoms with Gasteiger partial charge in [0.15, 0.2) is 5.82 Å². The fourth-order valence-corrected chi connectivity index (χ4v) is 4.43. The van der Waals surface area contributed by atoms with Crippen LogP contribution in [0.5, 0.6) is 11.6 Å². The van der Waals surface area contributed by atoms with E-state index in [9.17, 15) is 4.79 Å². The van der Waals surface area contributed by atoms with Crippen LogP contribution in [-0.4, -0.2) is 48.8 Å². The second-order valence-electron chi connectivity index (χ2n) is 6.86. The van der Waals surface area contributed by atoms with Gasteiger partial charge in [0, 0.05) is 0 Å². The molecule has 0 spiro atoms. The molecule has 0 unspecified atom stereocenters. The number of nitrogens with one attached hydrogen (secondary N) is 1. The maximum atomic E-state index is 12.4. The van der Waals surface area contributed by atoms with E-state index in [4.69, 9.17) is 24.2 Å². The van der Waals surface area contributed by atoms with Gasteiger partial charge >= 0.3 is 5.97 Å². The zero-order chi connectivity index (χ0) is 20.2. The molecule has 1 aromatic carbocycles. The Balaban J connectivity index is 1.76. The quantitative estimate of drug-likeness (QED) is 0.625. The smallest absolute Gasteiger partial charge is 0.348 e. The number of rotatable bonds is 6. The van der Waals surface area contributed by atoms with Crippen molar-refractivity contribution in [1.82, 2.24) is 9.97 Å². The van der Waals surface area contributed by atoms with E-state index in [-0.39, 0.29) is 5.97 Å². The number of benzene rings is 1. The second-order valence-corrected chi connectivity index (χ2v) is 7.86. The molecule has 4 rings (SSSR count). The van der Waals surface area contributed by atoms with E-state index in [2.05, 4.69) is 0 Å². The summed E-state index contributed by atoms with van der Waals surface area (Å²) in [4.78, 5) is 24.5. The van der Waals surface area contributed by atoms with Crippen molar-refractivity contribution < 1.29 is 23.9 Å². The summed E-state index contributed by atoms with van der Waals surface area (Å²) < 4.78 is 16.8. The predicted octanol–water partition coefficient (Wildman–Crippen LogP) is 2.38. The minimum atomic E-state index is -0.334. The molecule has 3 aromatic rings. The topological polar surface area (TPSA) is 75.0 Å². The van der Waals surface area contributed by atoms with Gasteiger partial charge < -0.3 is 19.1 Å². The zero-order valence-corrected chi connectivity index (χ0v) is 17.4. The van der Waals surface area contributed by atoms with Crippen molar-refractivity contribution in [2.24, 2.45) is 0 Å². The molecule has 29 heavy (non-hydrogen) atoms. The Hall–Kier alpha value is -2.55. The standard InChI is InChI=1S/C21H23N3O4S/c1-3-27-21(25)18-14(2)17-19(28-15-7-5-4-6-8-15)22-16(23-20(17)29-18)13-24-9-11-26-12-10-24/h4-8H,3,9-13H2,1-2H3/p+1. The lowest BCUT2D eigenvalue weighted by Gasteiger charge is -2.23. The molecule has 1 aliphatic rings. The summed E-state index contributed by atoms with van der Waals surface area (Å²) in [6, 6.07) is 9.53. The lowest BCUT2D eigenvalue weighted by molar-refractivity contribution is -0.922. The Bertz CT molecular complexity index is 1000. The number of hydrogen-bond donors (Lipinski definition) is 1. The fraction of sp³-hybridized carbons (Fsp3) is 0.381. The van der Waals surface area contributed by atoms with Gasteiger partial charge in [-0.3, -0.25) is 0 Å². The minimum absolute atomic E-state index is 0.331. The van der Waals surface area contributed by atoms with E-state index in [1.165, 1.54) is 16.2 Å². The van der Waals surface area contributed by atoms with E-state index >= 15 is 0 Å². The van der Waals surface area contributed by atoms with Crippen LogP contribution < -0.4 is 9.64 Å². The Morgan fingerprint density at radius 2 is 1.97 bits per heavy atom. The van der Waals surface area contributed by atoms with Crippen molar-refractivity contribution >= 4 is 27.5 Å². The molecule has 152 valence electrons. The maximum Gasteiger partial charge on any atom is 0.348 e. The summed E-state index contributed by atoms with van der Waals surface area (Å²) in [5.41, 5.74) is 0.791. The van der Waals surface area contributed by atoms with Gasteiger partial charge in [-0.2, -0.15) is 4.98 Å². The Kier molecular flexibility index (Phi) is 6.03. The molecule has 1 aliphatic heterocycles. The molecule has 0 amide bonds. The molecule has 0 atom stereocenters. The highest BCUT2D eigenvalue weighted by Crippen LogP contribution is 2.37. The lowest BCUT2D eigenvalue weighted by atomic mass is 10.2. The molecule has 1 N–H and O–H groups in total. The number of quaternary nitrogens is 1. The molecule has 3 heterocycles. The van der Waals surface area contributed by atoms with Gasteiger partial charge in [0.05, 0.1) is 25.2 Å². The highest BCUT2D eigenvalue weighted by atomic mass is 32.1. The summed E-state index contributed by atoms with van der Waals surface area (Å²) >= 11 is 1.33. The van der Waals surface area contributed by atoms with Crippen LogP contribution in [0.2, 0.25) is 0 Å². The molecule has 0 aliphatic carbocycles. The first-order valence-electron chi connectivity index (χ1n) is 9.77. The average molecular weight is 415 g/mol. The number of carbonyl (C=O) groups excluding carboxylic acids is 1. The molecular weight excluding hydrogens is 390 g/mol. The SMILES string of the molecule is CCOC(=O)c1sc2nc(C[NH+]3CCOCC3)nc(Oc3ccccc3)c2c1C. The molecule has 2 aromatic heterocycles. The lowest BCUT2D eigenvalue weighted by Crippen LogP contribution is -3.12. The molecule has 7 nitrogen and oxygen atoms in total. The summed E-state index contributed by atoms with van der Waals surface area (Å²) in [5.74, 6) is 1.55. The van der Waals surface area contributed by atoms with Crippen LogP contribution in [0.1, 0.15) is 28.0 Å². The third-order valence-corrected chi connectivity index (χ3v) is 6.00. The number of nitrogens with zero attached hydrogens (tertiary/aromatic N) is 2. The Labute approximate surface area is 173 Å². The first kappa shape index (κ1) is 19.8. The number of ether oxygens (including phenoxy) is 3. The number of aryl methyl sites for hydroxylation is 1. The van der Waals surface area contributed by atoms with Crippen LogP contribution >= 0.6 is 11.3 Å². The van der Waals surface area contributed by atoms with Crippen LogP contribution in [0.15, 0.2) is 30.3 Å². The second kappa shape index (κ2) is 8.86. The normalized spacial score (nSPS) is 14.8. The van der Waals surface area contributed by atoms with Gasteiger partial charge in [-0.25, -0.2) is 9.78 Å². The predicted molar refractivity (Wildman–Crippen MR) is 110 cm³/mol. The molecule has 0 bridgehead atoms. The summed E-state index contributed by atoms with van der Waals surface area (Å²) in [7, 11) is 0. The fourth-order valence-electron chi connectivity index (χ4n) is 3.35. The largest absolute Gasteiger partial charge is 0.462 e. The van der Waals surface area contributed by atoms with E-state index in [0.29, 0.717) is 35.5 Å². The zero-order valence-electron chi connectivity index (χ0n) is 16.6. The average Bonchev–Trinajstić information content (AvgIpc) is 3.06. The van der Waals surface area contributed by atoms with Gasteiger partial charge in [0.1, 0.15) is 35.1 Å². The van der Waals surface area contributed by atoms with Crippen LogP contribution in [0.3, 0.4) is 0 Å². The van der Waals surface area contributed by atoms with Crippen molar-refractivity contribution in [3.63, 3.8) is 0 Å². The third-order valence-electron chi connectivity index (χ3n) is 4.83. The monoisotopic (exact) mass is 414 g/mol. The third kappa shape index (κ3) is 4.39. The Morgan fingerprint density at radius 1 is 1.21 bits per heavy atom. The molecule has 0 saturated carbocycles. The number of esters is 1. The van der Waals surface area contributed by atoms with Gasteiger partial charge in [0.2, 0.25) is 5.88 Å². The van der Waals surface area contributed by atoms with Crippen molar-refractivity contribution in [1.29, 1.82) is 0 Å².